The molecule has 0 unspecified atom stereocenters. The van der Waals surface area contributed by atoms with Crippen LogP contribution in [0.25, 0.3) is 5.65 Å². The van der Waals surface area contributed by atoms with Gasteiger partial charge in [0.15, 0.2) is 0 Å². The van der Waals surface area contributed by atoms with E-state index in [0.717, 1.165) is 5.65 Å². The molecule has 2 aromatic heterocycles. The quantitative estimate of drug-likeness (QED) is 0.507. The molecule has 0 radical (unpaired) electrons. The van der Waals surface area contributed by atoms with Crippen LogP contribution in [-0.2, 0) is 0 Å². The lowest BCUT2D eigenvalue weighted by atomic mass is 10.8. The lowest BCUT2D eigenvalue weighted by Gasteiger charge is -1.71. The highest BCUT2D eigenvalue weighted by atomic mass is 16.1. The molecular formula is C5H5N3O. The molecule has 4 nitrogen and oxygen atoms in total. The van der Waals surface area contributed by atoms with E-state index in [4.69, 9.17) is 0 Å². The third-order valence-electron chi connectivity index (χ3n) is 1.27. The first-order valence-corrected chi connectivity index (χ1v) is 2.61. The zero-order chi connectivity index (χ0) is 6.27. The first-order valence-electron chi connectivity index (χ1n) is 2.61. The minimum Gasteiger partial charge on any atom is -0.345 e. The SMILES string of the molecule is O=c1[nH]cc2[nH]ccn12. The lowest BCUT2D eigenvalue weighted by Crippen LogP contribution is -2.06. The summed E-state index contributed by atoms with van der Waals surface area (Å²) in [5.74, 6) is 0. The first kappa shape index (κ1) is 4.43. The molecule has 0 bridgehead atoms. The maximum Gasteiger partial charge on any atom is 0.331 e. The molecule has 0 aliphatic rings. The number of aromatic nitrogens is 3. The van der Waals surface area contributed by atoms with Gasteiger partial charge in [-0.1, -0.05) is 0 Å². The van der Waals surface area contributed by atoms with E-state index in [1.807, 2.05) is 0 Å². The van der Waals surface area contributed by atoms with Gasteiger partial charge in [0.1, 0.15) is 5.65 Å². The molecule has 0 aliphatic carbocycles. The van der Waals surface area contributed by atoms with Crippen LogP contribution in [0.1, 0.15) is 0 Å². The molecule has 2 aromatic rings. The Labute approximate surface area is 50.1 Å². The molecule has 9 heavy (non-hydrogen) atoms. The number of nitrogens with one attached hydrogen (secondary N) is 2. The fourth-order valence-electron chi connectivity index (χ4n) is 0.835. The first-order chi connectivity index (χ1) is 4.38. The third kappa shape index (κ3) is 0.440. The van der Waals surface area contributed by atoms with Crippen LogP contribution >= 0.6 is 0 Å². The molecule has 2 N–H and O–H groups in total. The molecule has 0 amide bonds. The van der Waals surface area contributed by atoms with Gasteiger partial charge in [0.05, 0.1) is 0 Å². The molecule has 0 saturated heterocycles. The van der Waals surface area contributed by atoms with E-state index in [0.29, 0.717) is 0 Å². The summed E-state index contributed by atoms with van der Waals surface area (Å²) in [6, 6.07) is 0. The van der Waals surface area contributed by atoms with Gasteiger partial charge in [0.2, 0.25) is 0 Å². The average Bonchev–Trinajstić information content (AvgIpc) is 2.35. The molecule has 0 fully saturated rings. The summed E-state index contributed by atoms with van der Waals surface area (Å²) < 4.78 is 1.50. The predicted octanol–water partition coefficient (Wildman–Crippen LogP) is -0.0443. The highest BCUT2D eigenvalue weighted by molar-refractivity contribution is 5.33. The zero-order valence-corrected chi connectivity index (χ0v) is 4.59. The standard InChI is InChI=1S/C5H5N3O/c9-5-7-3-4-6-1-2-8(4)5/h1-3,6H,(H,7,9). The fourth-order valence-corrected chi connectivity index (χ4v) is 0.835. The van der Waals surface area contributed by atoms with Gasteiger partial charge < -0.3 is 9.97 Å². The number of aromatic amines is 2. The summed E-state index contributed by atoms with van der Waals surface area (Å²) in [5, 5.41) is 0. The Morgan fingerprint density at radius 2 is 2.33 bits per heavy atom. The monoisotopic (exact) mass is 123 g/mol. The Morgan fingerprint density at radius 1 is 1.44 bits per heavy atom. The number of hydrogen-bond donors (Lipinski definition) is 2. The second kappa shape index (κ2) is 1.28. The van der Waals surface area contributed by atoms with E-state index in [-0.39, 0.29) is 5.69 Å². The fraction of sp³-hybridized carbons (Fsp3) is 0. The Kier molecular flexibility index (Phi) is 0.631. The van der Waals surface area contributed by atoms with Gasteiger partial charge in [-0.05, 0) is 0 Å². The van der Waals surface area contributed by atoms with E-state index >= 15 is 0 Å². The van der Waals surface area contributed by atoms with Crippen molar-refractivity contribution in [2.75, 3.05) is 0 Å². The van der Waals surface area contributed by atoms with Crippen LogP contribution in [0.15, 0.2) is 23.4 Å². The van der Waals surface area contributed by atoms with Crippen molar-refractivity contribution in [1.82, 2.24) is 14.4 Å². The number of fused-ring (bicyclic) bond motifs is 1. The molecule has 0 aromatic carbocycles. The van der Waals surface area contributed by atoms with Gasteiger partial charge in [-0.25, -0.2) is 4.79 Å². The molecule has 4 heteroatoms. The highest BCUT2D eigenvalue weighted by Gasteiger charge is 1.93. The number of nitrogens with zero attached hydrogens (tertiary/aromatic N) is 1. The molecule has 2 rings (SSSR count). The molecule has 2 heterocycles. The van der Waals surface area contributed by atoms with Crippen LogP contribution in [0.5, 0.6) is 0 Å². The summed E-state index contributed by atoms with van der Waals surface area (Å²) >= 11 is 0. The highest BCUT2D eigenvalue weighted by Crippen LogP contribution is 1.89. The van der Waals surface area contributed by atoms with Gasteiger partial charge in [0, 0.05) is 18.6 Å². The second-order valence-corrected chi connectivity index (χ2v) is 1.81. The van der Waals surface area contributed by atoms with Crippen LogP contribution < -0.4 is 5.69 Å². The van der Waals surface area contributed by atoms with E-state index in [1.54, 1.807) is 18.6 Å². The smallest absolute Gasteiger partial charge is 0.331 e. The van der Waals surface area contributed by atoms with Crippen molar-refractivity contribution >= 4 is 5.65 Å². The van der Waals surface area contributed by atoms with Crippen LogP contribution in [-0.4, -0.2) is 14.4 Å². The average molecular weight is 123 g/mol. The second-order valence-electron chi connectivity index (χ2n) is 1.81. The molecular weight excluding hydrogens is 118 g/mol. The Morgan fingerprint density at radius 3 is 3.11 bits per heavy atom. The largest absolute Gasteiger partial charge is 0.345 e. The van der Waals surface area contributed by atoms with Gasteiger partial charge in [-0.3, -0.25) is 4.40 Å². The van der Waals surface area contributed by atoms with Gasteiger partial charge in [-0.15, -0.1) is 0 Å². The normalized spacial score (nSPS) is 10.7. The van der Waals surface area contributed by atoms with Crippen LogP contribution in [0, 0.1) is 0 Å². The summed E-state index contributed by atoms with van der Waals surface area (Å²) in [6.45, 7) is 0. The number of H-pyrrole nitrogens is 2. The number of hydrogen-bond acceptors (Lipinski definition) is 1. The Bertz CT molecular complexity index is 366. The Hall–Kier alpha value is -1.45. The summed E-state index contributed by atoms with van der Waals surface area (Å²) in [5.41, 5.74) is 0.686. The minimum absolute atomic E-state index is 0.105. The molecule has 0 aliphatic heterocycles. The topological polar surface area (TPSA) is 53.1 Å². The molecule has 0 atom stereocenters. The van der Waals surface area contributed by atoms with Crippen molar-refractivity contribution in [1.29, 1.82) is 0 Å². The van der Waals surface area contributed by atoms with E-state index < -0.39 is 0 Å². The summed E-state index contributed by atoms with van der Waals surface area (Å²) in [4.78, 5) is 16.1. The van der Waals surface area contributed by atoms with Gasteiger partial charge in [0.25, 0.3) is 0 Å². The third-order valence-corrected chi connectivity index (χ3v) is 1.27. The maximum atomic E-state index is 10.7. The summed E-state index contributed by atoms with van der Waals surface area (Å²) in [7, 11) is 0. The lowest BCUT2D eigenvalue weighted by molar-refractivity contribution is 1.08. The molecule has 0 saturated carbocycles. The van der Waals surface area contributed by atoms with Gasteiger partial charge in [-0.2, -0.15) is 0 Å². The minimum atomic E-state index is -0.105. The van der Waals surface area contributed by atoms with E-state index in [1.165, 1.54) is 4.40 Å². The van der Waals surface area contributed by atoms with Crippen LogP contribution in [0.3, 0.4) is 0 Å². The van der Waals surface area contributed by atoms with Crippen molar-refractivity contribution in [3.05, 3.63) is 29.1 Å². The van der Waals surface area contributed by atoms with Crippen molar-refractivity contribution in [2.45, 2.75) is 0 Å². The molecule has 46 valence electrons. The zero-order valence-electron chi connectivity index (χ0n) is 4.59. The van der Waals surface area contributed by atoms with Crippen LogP contribution in [0.2, 0.25) is 0 Å². The predicted molar refractivity (Wildman–Crippen MR) is 32.4 cm³/mol. The van der Waals surface area contributed by atoms with Crippen molar-refractivity contribution in [3.63, 3.8) is 0 Å². The van der Waals surface area contributed by atoms with Crippen molar-refractivity contribution < 1.29 is 0 Å². The molecule has 0 spiro atoms. The van der Waals surface area contributed by atoms with Crippen LogP contribution in [0.4, 0.5) is 0 Å². The number of imidazole rings is 2. The Balaban J connectivity index is 3.17. The van der Waals surface area contributed by atoms with E-state index in [9.17, 15) is 4.79 Å². The van der Waals surface area contributed by atoms with E-state index in [2.05, 4.69) is 9.97 Å². The number of rotatable bonds is 0. The van der Waals surface area contributed by atoms with Crippen molar-refractivity contribution in [2.24, 2.45) is 0 Å². The maximum absolute atomic E-state index is 10.7. The summed E-state index contributed by atoms with van der Waals surface area (Å²) in [6.07, 6.45) is 5.01. The van der Waals surface area contributed by atoms with Gasteiger partial charge >= 0.3 is 5.69 Å². The van der Waals surface area contributed by atoms with Crippen molar-refractivity contribution in [3.8, 4) is 0 Å².